The highest BCUT2D eigenvalue weighted by Crippen LogP contribution is 2.22. The number of anilines is 1. The summed E-state index contributed by atoms with van der Waals surface area (Å²) in [5, 5.41) is 7.57. The van der Waals surface area contributed by atoms with Gasteiger partial charge in [0.25, 0.3) is 0 Å². The van der Waals surface area contributed by atoms with Crippen LogP contribution in [0, 0.1) is 25.7 Å². The molecule has 0 aromatic carbocycles. The molecule has 2 aromatic heterocycles. The van der Waals surface area contributed by atoms with Crippen molar-refractivity contribution in [1.29, 1.82) is 0 Å². The number of rotatable bonds is 6. The maximum absolute atomic E-state index is 12.3. The normalized spacial score (nSPS) is 15.4. The van der Waals surface area contributed by atoms with Crippen molar-refractivity contribution in [2.75, 3.05) is 24.5 Å². The fourth-order valence-electron chi connectivity index (χ4n) is 3.44. The highest BCUT2D eigenvalue weighted by molar-refractivity contribution is 5.78. The van der Waals surface area contributed by atoms with E-state index in [9.17, 15) is 4.79 Å². The van der Waals surface area contributed by atoms with Crippen LogP contribution in [0.15, 0.2) is 18.3 Å². The van der Waals surface area contributed by atoms with Crippen molar-refractivity contribution in [3.63, 3.8) is 0 Å². The predicted molar refractivity (Wildman–Crippen MR) is 106 cm³/mol. The zero-order valence-electron chi connectivity index (χ0n) is 16.8. The van der Waals surface area contributed by atoms with Crippen molar-refractivity contribution in [1.82, 2.24) is 25.1 Å². The van der Waals surface area contributed by atoms with E-state index in [1.165, 1.54) is 0 Å². The Morgan fingerprint density at radius 1 is 1.30 bits per heavy atom. The van der Waals surface area contributed by atoms with E-state index in [0.717, 1.165) is 56.1 Å². The van der Waals surface area contributed by atoms with Crippen molar-refractivity contribution in [2.24, 2.45) is 11.8 Å². The molecule has 0 radical (unpaired) electrons. The monoisotopic (exact) mass is 370 g/mol. The maximum Gasteiger partial charge on any atom is 0.227 e. The van der Waals surface area contributed by atoms with E-state index >= 15 is 0 Å². The zero-order chi connectivity index (χ0) is 19.4. The minimum Gasteiger partial charge on any atom is -0.356 e. The molecule has 0 bridgehead atoms. The molecule has 0 spiro atoms. The van der Waals surface area contributed by atoms with E-state index in [0.29, 0.717) is 11.9 Å². The standard InChI is InChI=1S/C20H30N6O/c1-14(2)5-9-21-19(27)17-7-11-25(12-8-17)20-22-10-6-18(23-20)26-16(4)13-15(3)24-26/h6,10,13-14,17H,5,7-9,11-12H2,1-4H3,(H,21,27). The van der Waals surface area contributed by atoms with Crippen molar-refractivity contribution in [2.45, 2.75) is 47.0 Å². The van der Waals surface area contributed by atoms with Crippen molar-refractivity contribution in [3.05, 3.63) is 29.7 Å². The summed E-state index contributed by atoms with van der Waals surface area (Å²) in [6.07, 6.45) is 4.47. The summed E-state index contributed by atoms with van der Waals surface area (Å²) in [5.41, 5.74) is 2.02. The van der Waals surface area contributed by atoms with Gasteiger partial charge in [-0.05, 0) is 45.1 Å². The molecule has 1 aliphatic heterocycles. The van der Waals surface area contributed by atoms with Gasteiger partial charge in [-0.2, -0.15) is 10.1 Å². The average Bonchev–Trinajstić information content (AvgIpc) is 3.00. The number of aromatic nitrogens is 4. The molecule has 7 heteroatoms. The highest BCUT2D eigenvalue weighted by Gasteiger charge is 2.26. The molecule has 1 saturated heterocycles. The molecule has 0 aliphatic carbocycles. The van der Waals surface area contributed by atoms with Gasteiger partial charge >= 0.3 is 0 Å². The first-order valence-corrected chi connectivity index (χ1v) is 9.83. The number of hydrogen-bond donors (Lipinski definition) is 1. The van der Waals surface area contributed by atoms with Gasteiger partial charge in [0.2, 0.25) is 11.9 Å². The Kier molecular flexibility index (Phi) is 6.08. The van der Waals surface area contributed by atoms with Gasteiger partial charge in [-0.25, -0.2) is 9.67 Å². The SMILES string of the molecule is Cc1cc(C)n(-c2ccnc(N3CCC(C(=O)NCCC(C)C)CC3)n2)n1. The van der Waals surface area contributed by atoms with E-state index in [2.05, 4.69) is 34.1 Å². The number of nitrogens with zero attached hydrogens (tertiary/aromatic N) is 5. The molecular formula is C20H30N6O. The number of aryl methyl sites for hydroxylation is 2. The first-order chi connectivity index (χ1) is 12.9. The number of hydrogen-bond acceptors (Lipinski definition) is 5. The smallest absolute Gasteiger partial charge is 0.227 e. The van der Waals surface area contributed by atoms with Crippen molar-refractivity contribution in [3.8, 4) is 5.82 Å². The van der Waals surface area contributed by atoms with Crippen LogP contribution in [0.5, 0.6) is 0 Å². The first kappa shape index (κ1) is 19.3. The van der Waals surface area contributed by atoms with Gasteiger partial charge in [-0.1, -0.05) is 13.8 Å². The minimum atomic E-state index is 0.0904. The highest BCUT2D eigenvalue weighted by atomic mass is 16.1. The predicted octanol–water partition coefficient (Wildman–Crippen LogP) is 2.66. The molecule has 1 N–H and O–H groups in total. The third-order valence-electron chi connectivity index (χ3n) is 5.02. The van der Waals surface area contributed by atoms with Crippen LogP contribution in [0.2, 0.25) is 0 Å². The summed E-state index contributed by atoms with van der Waals surface area (Å²) < 4.78 is 1.84. The summed E-state index contributed by atoms with van der Waals surface area (Å²) in [6.45, 7) is 10.7. The van der Waals surface area contributed by atoms with E-state index in [1.54, 1.807) is 6.20 Å². The van der Waals surface area contributed by atoms with Gasteiger partial charge in [0, 0.05) is 43.5 Å². The fourth-order valence-corrected chi connectivity index (χ4v) is 3.44. The van der Waals surface area contributed by atoms with Gasteiger partial charge in [0.05, 0.1) is 5.69 Å². The molecule has 7 nitrogen and oxygen atoms in total. The largest absolute Gasteiger partial charge is 0.356 e. The number of nitrogens with one attached hydrogen (secondary N) is 1. The molecule has 1 fully saturated rings. The molecule has 1 aliphatic rings. The summed E-state index contributed by atoms with van der Waals surface area (Å²) in [5.74, 6) is 2.37. The second-order valence-corrected chi connectivity index (χ2v) is 7.79. The van der Waals surface area contributed by atoms with Gasteiger partial charge in [-0.3, -0.25) is 4.79 Å². The lowest BCUT2D eigenvalue weighted by atomic mass is 9.96. The molecule has 0 saturated carbocycles. The summed E-state index contributed by atoms with van der Waals surface area (Å²) >= 11 is 0. The Morgan fingerprint density at radius 2 is 2.04 bits per heavy atom. The minimum absolute atomic E-state index is 0.0904. The molecule has 1 amide bonds. The quantitative estimate of drug-likeness (QED) is 0.846. The number of amides is 1. The van der Waals surface area contributed by atoms with Crippen molar-refractivity contribution >= 4 is 11.9 Å². The van der Waals surface area contributed by atoms with E-state index in [4.69, 9.17) is 4.98 Å². The van der Waals surface area contributed by atoms with E-state index < -0.39 is 0 Å². The van der Waals surface area contributed by atoms with Crippen LogP contribution >= 0.6 is 0 Å². The third-order valence-corrected chi connectivity index (χ3v) is 5.02. The average molecular weight is 371 g/mol. The van der Waals surface area contributed by atoms with Crippen LogP contribution in [-0.2, 0) is 4.79 Å². The molecule has 2 aromatic rings. The molecule has 3 rings (SSSR count). The van der Waals surface area contributed by atoms with Gasteiger partial charge in [0.15, 0.2) is 5.82 Å². The second kappa shape index (κ2) is 8.50. The number of piperidine rings is 1. The molecule has 146 valence electrons. The van der Waals surface area contributed by atoms with Gasteiger partial charge < -0.3 is 10.2 Å². The maximum atomic E-state index is 12.3. The zero-order valence-corrected chi connectivity index (χ0v) is 16.8. The molecule has 0 unspecified atom stereocenters. The van der Waals surface area contributed by atoms with Crippen molar-refractivity contribution < 1.29 is 4.79 Å². The van der Waals surface area contributed by atoms with Crippen LogP contribution < -0.4 is 10.2 Å². The lowest BCUT2D eigenvalue weighted by Crippen LogP contribution is -2.41. The van der Waals surface area contributed by atoms with Crippen LogP contribution in [0.1, 0.15) is 44.5 Å². The Balaban J connectivity index is 1.59. The van der Waals surface area contributed by atoms with Crippen LogP contribution in [0.25, 0.3) is 5.82 Å². The lowest BCUT2D eigenvalue weighted by molar-refractivity contribution is -0.125. The summed E-state index contributed by atoms with van der Waals surface area (Å²) in [6, 6.07) is 3.91. The number of carbonyl (C=O) groups is 1. The molecule has 3 heterocycles. The third kappa shape index (κ3) is 4.84. The van der Waals surface area contributed by atoms with Crippen LogP contribution in [-0.4, -0.2) is 45.3 Å². The molecular weight excluding hydrogens is 340 g/mol. The summed E-state index contributed by atoms with van der Waals surface area (Å²) in [7, 11) is 0. The topological polar surface area (TPSA) is 75.9 Å². The first-order valence-electron chi connectivity index (χ1n) is 9.83. The molecule has 0 atom stereocenters. The Labute approximate surface area is 161 Å². The van der Waals surface area contributed by atoms with Crippen LogP contribution in [0.3, 0.4) is 0 Å². The van der Waals surface area contributed by atoms with Crippen LogP contribution in [0.4, 0.5) is 5.95 Å². The Hall–Kier alpha value is -2.44. The van der Waals surface area contributed by atoms with E-state index in [1.807, 2.05) is 30.7 Å². The Morgan fingerprint density at radius 3 is 2.67 bits per heavy atom. The lowest BCUT2D eigenvalue weighted by Gasteiger charge is -2.31. The van der Waals surface area contributed by atoms with Gasteiger partial charge in [-0.15, -0.1) is 0 Å². The van der Waals surface area contributed by atoms with Gasteiger partial charge in [0.1, 0.15) is 0 Å². The van der Waals surface area contributed by atoms with E-state index in [-0.39, 0.29) is 11.8 Å². The number of carbonyl (C=O) groups excluding carboxylic acids is 1. The fraction of sp³-hybridized carbons (Fsp3) is 0.600. The Bertz CT molecular complexity index is 777. The second-order valence-electron chi connectivity index (χ2n) is 7.79. The summed E-state index contributed by atoms with van der Waals surface area (Å²) in [4.78, 5) is 23.6. The molecule has 27 heavy (non-hydrogen) atoms.